The molecule has 0 fully saturated rings. The van der Waals surface area contributed by atoms with E-state index in [0.29, 0.717) is 0 Å². The molecular weight excluding hydrogens is 297 g/mol. The standard InChI is InChI=1S/C13H10FN3O3S/c1-17-7-10(21(19)20)5-12(17)13(18)16-9-2-3-11(14)8(4-9)6-15/h2-5,7H,1H3,(H,16,18)(H,19,20)/p-1. The maximum atomic E-state index is 13.2. The van der Waals surface area contributed by atoms with Gasteiger partial charge in [-0.3, -0.25) is 9.00 Å². The van der Waals surface area contributed by atoms with Gasteiger partial charge in [0.1, 0.15) is 17.6 Å². The number of rotatable bonds is 3. The van der Waals surface area contributed by atoms with Crippen molar-refractivity contribution < 1.29 is 17.9 Å². The topological polar surface area (TPSA) is 97.9 Å². The van der Waals surface area contributed by atoms with Gasteiger partial charge in [-0.1, -0.05) is 0 Å². The number of nitrogens with one attached hydrogen (secondary N) is 1. The number of aromatic nitrogens is 1. The Morgan fingerprint density at radius 3 is 2.76 bits per heavy atom. The van der Waals surface area contributed by atoms with Gasteiger partial charge in [0, 0.05) is 23.8 Å². The minimum atomic E-state index is -2.43. The van der Waals surface area contributed by atoms with Crippen molar-refractivity contribution in [1.29, 1.82) is 5.26 Å². The zero-order valence-electron chi connectivity index (χ0n) is 10.8. The molecule has 0 radical (unpaired) electrons. The molecule has 1 aromatic heterocycles. The Kier molecular flexibility index (Phi) is 4.16. The molecule has 0 spiro atoms. The fraction of sp³-hybridized carbons (Fsp3) is 0.0769. The van der Waals surface area contributed by atoms with Crippen LogP contribution in [0.15, 0.2) is 35.4 Å². The molecule has 0 saturated carbocycles. The molecule has 21 heavy (non-hydrogen) atoms. The van der Waals surface area contributed by atoms with E-state index in [0.717, 1.165) is 6.07 Å². The fourth-order valence-electron chi connectivity index (χ4n) is 1.73. The number of nitrogens with zero attached hydrogens (tertiary/aromatic N) is 2. The molecule has 1 aromatic carbocycles. The van der Waals surface area contributed by atoms with E-state index in [1.54, 1.807) is 6.07 Å². The number of carbonyl (C=O) groups excluding carboxylic acids is 1. The lowest BCUT2D eigenvalue weighted by atomic mass is 10.2. The first kappa shape index (κ1) is 14.9. The van der Waals surface area contributed by atoms with Crippen LogP contribution in [0.25, 0.3) is 0 Å². The lowest BCUT2D eigenvalue weighted by Crippen LogP contribution is -2.15. The predicted molar refractivity (Wildman–Crippen MR) is 71.7 cm³/mol. The zero-order chi connectivity index (χ0) is 15.6. The molecule has 6 nitrogen and oxygen atoms in total. The van der Waals surface area contributed by atoms with Gasteiger partial charge in [0.05, 0.1) is 5.56 Å². The molecule has 1 N–H and O–H groups in total. The summed E-state index contributed by atoms with van der Waals surface area (Å²) in [5.74, 6) is -1.25. The molecular formula is C13H9FN3O3S-. The number of hydrogen-bond donors (Lipinski definition) is 1. The summed E-state index contributed by atoms with van der Waals surface area (Å²) >= 11 is -2.43. The first-order valence-electron chi connectivity index (χ1n) is 5.69. The molecule has 0 aliphatic rings. The van der Waals surface area contributed by atoms with Gasteiger partial charge in [0.25, 0.3) is 5.91 Å². The van der Waals surface area contributed by atoms with Crippen molar-refractivity contribution in [2.24, 2.45) is 7.05 Å². The van der Waals surface area contributed by atoms with Gasteiger partial charge in [0.2, 0.25) is 0 Å². The predicted octanol–water partition coefficient (Wildman–Crippen LogP) is 1.53. The molecule has 1 unspecified atom stereocenters. The molecule has 108 valence electrons. The average molecular weight is 306 g/mol. The summed E-state index contributed by atoms with van der Waals surface area (Å²) in [4.78, 5) is 12.0. The fourth-order valence-corrected chi connectivity index (χ4v) is 2.19. The second-order valence-corrected chi connectivity index (χ2v) is 5.11. The second kappa shape index (κ2) is 5.87. The van der Waals surface area contributed by atoms with Crippen LogP contribution in [-0.2, 0) is 18.1 Å². The van der Waals surface area contributed by atoms with Crippen molar-refractivity contribution in [3.8, 4) is 6.07 Å². The number of amides is 1. The maximum Gasteiger partial charge on any atom is 0.272 e. The second-order valence-electron chi connectivity index (χ2n) is 4.17. The molecule has 0 aliphatic carbocycles. The third-order valence-electron chi connectivity index (χ3n) is 2.75. The number of carbonyl (C=O) groups is 1. The van der Waals surface area contributed by atoms with Crippen molar-refractivity contribution in [3.63, 3.8) is 0 Å². The van der Waals surface area contributed by atoms with Crippen LogP contribution in [0.1, 0.15) is 16.1 Å². The third kappa shape index (κ3) is 3.16. The van der Waals surface area contributed by atoms with Crippen LogP contribution in [-0.4, -0.2) is 19.2 Å². The highest BCUT2D eigenvalue weighted by Gasteiger charge is 2.13. The number of anilines is 1. The van der Waals surface area contributed by atoms with E-state index in [1.807, 2.05) is 0 Å². The monoisotopic (exact) mass is 306 g/mol. The third-order valence-corrected chi connectivity index (χ3v) is 3.36. The van der Waals surface area contributed by atoms with Crippen LogP contribution in [0.4, 0.5) is 10.1 Å². The van der Waals surface area contributed by atoms with Crippen molar-refractivity contribution >= 4 is 22.7 Å². The maximum absolute atomic E-state index is 13.2. The highest BCUT2D eigenvalue weighted by Crippen LogP contribution is 2.16. The summed E-state index contributed by atoms with van der Waals surface area (Å²) in [5.41, 5.74) is 0.169. The van der Waals surface area contributed by atoms with Crippen molar-refractivity contribution in [2.75, 3.05) is 5.32 Å². The number of hydrogen-bond acceptors (Lipinski definition) is 4. The van der Waals surface area contributed by atoms with E-state index in [9.17, 15) is 17.9 Å². The number of nitriles is 1. The van der Waals surface area contributed by atoms with Crippen LogP contribution in [0.3, 0.4) is 0 Å². The van der Waals surface area contributed by atoms with Gasteiger partial charge in [-0.05, 0) is 35.3 Å². The van der Waals surface area contributed by atoms with Gasteiger partial charge in [0.15, 0.2) is 0 Å². The summed E-state index contributed by atoms with van der Waals surface area (Å²) in [6.07, 6.45) is 1.30. The number of halogens is 1. The van der Waals surface area contributed by atoms with Gasteiger partial charge in [-0.2, -0.15) is 5.26 Å². The normalized spacial score (nSPS) is 11.7. The lowest BCUT2D eigenvalue weighted by molar-refractivity contribution is 0.101. The Morgan fingerprint density at radius 1 is 1.48 bits per heavy atom. The minimum absolute atomic E-state index is 0.0144. The van der Waals surface area contributed by atoms with Gasteiger partial charge in [-0.25, -0.2) is 4.39 Å². The molecule has 1 amide bonds. The molecule has 2 rings (SSSR count). The van der Waals surface area contributed by atoms with Gasteiger partial charge in [-0.15, -0.1) is 0 Å². The summed E-state index contributed by atoms with van der Waals surface area (Å²) in [6, 6.07) is 6.45. The number of benzene rings is 1. The van der Waals surface area contributed by atoms with Crippen LogP contribution < -0.4 is 5.32 Å². The first-order valence-corrected chi connectivity index (χ1v) is 6.76. The average Bonchev–Trinajstić information content (AvgIpc) is 2.83. The van der Waals surface area contributed by atoms with Crippen LogP contribution >= 0.6 is 0 Å². The summed E-state index contributed by atoms with van der Waals surface area (Å²) in [7, 11) is 1.52. The van der Waals surface area contributed by atoms with E-state index >= 15 is 0 Å². The molecule has 0 saturated heterocycles. The van der Waals surface area contributed by atoms with E-state index in [-0.39, 0.29) is 21.8 Å². The van der Waals surface area contributed by atoms with Crippen LogP contribution in [0.5, 0.6) is 0 Å². The Hall–Kier alpha value is -2.50. The summed E-state index contributed by atoms with van der Waals surface area (Å²) < 4.78 is 36.2. The zero-order valence-corrected chi connectivity index (χ0v) is 11.6. The van der Waals surface area contributed by atoms with Crippen molar-refractivity contribution in [3.05, 3.63) is 47.5 Å². The minimum Gasteiger partial charge on any atom is -0.768 e. The van der Waals surface area contributed by atoms with Gasteiger partial charge >= 0.3 is 0 Å². The first-order chi connectivity index (χ1) is 9.92. The molecule has 1 atom stereocenters. The summed E-state index contributed by atoms with van der Waals surface area (Å²) in [6.45, 7) is 0. The SMILES string of the molecule is Cn1cc(S(=O)[O-])cc1C(=O)Nc1ccc(F)c(C#N)c1. The highest BCUT2D eigenvalue weighted by atomic mass is 32.2. The Bertz CT molecular complexity index is 779. The van der Waals surface area contributed by atoms with E-state index < -0.39 is 22.8 Å². The Morgan fingerprint density at radius 2 is 2.19 bits per heavy atom. The molecule has 0 aliphatic heterocycles. The quantitative estimate of drug-likeness (QED) is 0.869. The van der Waals surface area contributed by atoms with Crippen molar-refractivity contribution in [2.45, 2.75) is 4.90 Å². The van der Waals surface area contributed by atoms with Crippen molar-refractivity contribution in [1.82, 2.24) is 4.57 Å². The summed E-state index contributed by atoms with van der Waals surface area (Å²) in [5, 5.41) is 11.2. The molecule has 0 bridgehead atoms. The van der Waals surface area contributed by atoms with Crippen LogP contribution in [0, 0.1) is 17.1 Å². The molecule has 8 heteroatoms. The van der Waals surface area contributed by atoms with Gasteiger partial charge < -0.3 is 14.4 Å². The smallest absolute Gasteiger partial charge is 0.272 e. The largest absolute Gasteiger partial charge is 0.768 e. The van der Waals surface area contributed by atoms with Crippen LogP contribution in [0.2, 0.25) is 0 Å². The molecule has 2 aromatic rings. The Balaban J connectivity index is 2.26. The number of aryl methyl sites for hydroxylation is 1. The van der Waals surface area contributed by atoms with E-state index in [4.69, 9.17) is 5.26 Å². The lowest BCUT2D eigenvalue weighted by Gasteiger charge is -2.06. The molecule has 1 heterocycles. The van der Waals surface area contributed by atoms with E-state index in [2.05, 4.69) is 5.32 Å². The highest BCUT2D eigenvalue weighted by molar-refractivity contribution is 7.79. The van der Waals surface area contributed by atoms with E-state index in [1.165, 1.54) is 36.0 Å². The Labute approximate surface area is 122 Å².